The molecule has 4 rings (SSSR count). The van der Waals surface area contributed by atoms with Gasteiger partial charge in [0.05, 0.1) is 6.61 Å². The third-order valence-electron chi connectivity index (χ3n) is 5.01. The molecule has 1 fully saturated rings. The number of piperidine rings is 1. The molecule has 3 aromatic rings. The lowest BCUT2D eigenvalue weighted by Crippen LogP contribution is -2.52. The highest BCUT2D eigenvalue weighted by molar-refractivity contribution is 5.98. The molecule has 1 amide bonds. The van der Waals surface area contributed by atoms with Gasteiger partial charge in [0.25, 0.3) is 5.91 Å². The van der Waals surface area contributed by atoms with E-state index in [1.165, 1.54) is 0 Å². The molecule has 0 spiro atoms. The minimum absolute atomic E-state index is 0.0600. The van der Waals surface area contributed by atoms with Crippen LogP contribution < -0.4 is 10.6 Å². The monoisotopic (exact) mass is 369 g/mol. The molecule has 27 heavy (non-hydrogen) atoms. The lowest BCUT2D eigenvalue weighted by Gasteiger charge is -2.36. The quantitative estimate of drug-likeness (QED) is 0.690. The van der Waals surface area contributed by atoms with Crippen LogP contribution in [-0.2, 0) is 21.5 Å². The zero-order chi connectivity index (χ0) is 18.7. The number of benzene rings is 1. The number of hydrogen-bond donors (Lipinski definition) is 2. The summed E-state index contributed by atoms with van der Waals surface area (Å²) in [5.74, 6) is 0.567. The Morgan fingerprint density at radius 2 is 2.26 bits per heavy atom. The summed E-state index contributed by atoms with van der Waals surface area (Å²) in [5.41, 5.74) is 1.43. The van der Waals surface area contributed by atoms with Crippen LogP contribution in [0.2, 0.25) is 0 Å². The van der Waals surface area contributed by atoms with E-state index >= 15 is 0 Å². The van der Waals surface area contributed by atoms with Crippen LogP contribution in [0.3, 0.4) is 0 Å². The van der Waals surface area contributed by atoms with Gasteiger partial charge in [-0.1, -0.05) is 0 Å². The zero-order valence-corrected chi connectivity index (χ0v) is 15.3. The maximum atomic E-state index is 13.2. The topological polar surface area (TPSA) is 94.2 Å². The van der Waals surface area contributed by atoms with Gasteiger partial charge in [0, 0.05) is 31.6 Å². The Morgan fingerprint density at radius 3 is 3.00 bits per heavy atom. The molecule has 8 nitrogen and oxygen atoms in total. The molecule has 142 valence electrons. The molecule has 3 heterocycles. The van der Waals surface area contributed by atoms with E-state index < -0.39 is 5.54 Å². The van der Waals surface area contributed by atoms with E-state index in [0.29, 0.717) is 43.0 Å². The standard InChI is InChI=1S/C19H23N5O3/c1-26-12-5-17-23-15-13-14(3-4-16(15)27-17)22-18(25)19(6-9-20-10-7-19)24-11-2-8-21-24/h2-4,8,11,13,20H,5-7,9-10,12H2,1H3,(H,22,25). The molecule has 2 N–H and O–H groups in total. The first-order valence-electron chi connectivity index (χ1n) is 9.12. The molecule has 1 saturated heterocycles. The van der Waals surface area contributed by atoms with Gasteiger partial charge in [0.1, 0.15) is 11.1 Å². The highest BCUT2D eigenvalue weighted by Gasteiger charge is 2.42. The number of aromatic nitrogens is 3. The minimum atomic E-state index is -0.683. The summed E-state index contributed by atoms with van der Waals surface area (Å²) in [6.45, 7) is 2.10. The second-order valence-electron chi connectivity index (χ2n) is 6.72. The Labute approximate surface area is 156 Å². The number of oxazole rings is 1. The van der Waals surface area contributed by atoms with Gasteiger partial charge in [-0.3, -0.25) is 9.48 Å². The van der Waals surface area contributed by atoms with E-state index in [1.54, 1.807) is 18.0 Å². The second-order valence-corrected chi connectivity index (χ2v) is 6.72. The molecule has 1 aliphatic heterocycles. The van der Waals surface area contributed by atoms with Gasteiger partial charge in [-0.25, -0.2) is 4.98 Å². The average Bonchev–Trinajstić information content (AvgIpc) is 3.36. The van der Waals surface area contributed by atoms with E-state index in [2.05, 4.69) is 20.7 Å². The van der Waals surface area contributed by atoms with E-state index in [0.717, 1.165) is 18.6 Å². The fraction of sp³-hybridized carbons (Fsp3) is 0.421. The molecule has 0 bridgehead atoms. The van der Waals surface area contributed by atoms with Gasteiger partial charge in [-0.05, 0) is 50.2 Å². The van der Waals surface area contributed by atoms with Gasteiger partial charge >= 0.3 is 0 Å². The molecule has 0 aliphatic carbocycles. The van der Waals surface area contributed by atoms with Crippen molar-refractivity contribution >= 4 is 22.7 Å². The Morgan fingerprint density at radius 1 is 1.41 bits per heavy atom. The molecule has 1 aromatic carbocycles. The fourth-order valence-corrected chi connectivity index (χ4v) is 3.52. The summed E-state index contributed by atoms with van der Waals surface area (Å²) in [7, 11) is 1.65. The van der Waals surface area contributed by atoms with E-state index in [9.17, 15) is 4.79 Å². The maximum absolute atomic E-state index is 13.2. The Hall–Kier alpha value is -2.71. The van der Waals surface area contributed by atoms with Crippen LogP contribution in [0.1, 0.15) is 18.7 Å². The van der Waals surface area contributed by atoms with Crippen molar-refractivity contribution in [3.05, 3.63) is 42.5 Å². The molecular formula is C19H23N5O3. The molecule has 1 aliphatic rings. The Bertz CT molecular complexity index is 913. The molecule has 8 heteroatoms. The summed E-state index contributed by atoms with van der Waals surface area (Å²) >= 11 is 0. The highest BCUT2D eigenvalue weighted by Crippen LogP contribution is 2.29. The number of fused-ring (bicyclic) bond motifs is 1. The van der Waals surface area contributed by atoms with Gasteiger partial charge in [-0.15, -0.1) is 0 Å². The third-order valence-corrected chi connectivity index (χ3v) is 5.01. The van der Waals surface area contributed by atoms with Crippen molar-refractivity contribution in [1.82, 2.24) is 20.1 Å². The number of ether oxygens (including phenoxy) is 1. The first-order valence-corrected chi connectivity index (χ1v) is 9.12. The third kappa shape index (κ3) is 3.45. The van der Waals surface area contributed by atoms with E-state index in [4.69, 9.17) is 9.15 Å². The first kappa shape index (κ1) is 17.7. The molecule has 0 atom stereocenters. The smallest absolute Gasteiger partial charge is 0.252 e. The van der Waals surface area contributed by atoms with Crippen LogP contribution in [0.5, 0.6) is 0 Å². The summed E-state index contributed by atoms with van der Waals surface area (Å²) in [6.07, 6.45) is 5.55. The van der Waals surface area contributed by atoms with Crippen molar-refractivity contribution < 1.29 is 13.9 Å². The van der Waals surface area contributed by atoms with Crippen molar-refractivity contribution in [3.63, 3.8) is 0 Å². The summed E-state index contributed by atoms with van der Waals surface area (Å²) in [4.78, 5) is 17.7. The second kappa shape index (κ2) is 7.50. The van der Waals surface area contributed by atoms with Gasteiger partial charge in [0.15, 0.2) is 11.5 Å². The number of hydrogen-bond acceptors (Lipinski definition) is 6. The molecule has 0 radical (unpaired) electrons. The highest BCUT2D eigenvalue weighted by atomic mass is 16.5. The van der Waals surface area contributed by atoms with Gasteiger partial charge in [-0.2, -0.15) is 5.10 Å². The first-order chi connectivity index (χ1) is 13.2. The number of anilines is 1. The SMILES string of the molecule is COCCc1nc2cc(NC(=O)C3(n4cccn4)CCNCC3)ccc2o1. The predicted molar refractivity (Wildman–Crippen MR) is 101 cm³/mol. The summed E-state index contributed by atoms with van der Waals surface area (Å²) in [5, 5.41) is 10.7. The number of rotatable bonds is 6. The average molecular weight is 369 g/mol. The number of amides is 1. The van der Waals surface area contributed by atoms with Crippen LogP contribution in [0.4, 0.5) is 5.69 Å². The number of nitrogens with one attached hydrogen (secondary N) is 2. The Balaban J connectivity index is 1.57. The maximum Gasteiger partial charge on any atom is 0.252 e. The van der Waals surface area contributed by atoms with Crippen LogP contribution >= 0.6 is 0 Å². The Kier molecular flexibility index (Phi) is 4.91. The normalized spacial score (nSPS) is 16.5. The molecule has 2 aromatic heterocycles. The molecule has 0 unspecified atom stereocenters. The van der Waals surface area contributed by atoms with Crippen LogP contribution in [-0.4, -0.2) is 47.5 Å². The van der Waals surface area contributed by atoms with E-state index in [1.807, 2.05) is 30.5 Å². The van der Waals surface area contributed by atoms with Crippen LogP contribution in [0, 0.1) is 0 Å². The van der Waals surface area contributed by atoms with Gasteiger partial charge < -0.3 is 19.8 Å². The van der Waals surface area contributed by atoms with Crippen molar-refractivity contribution in [3.8, 4) is 0 Å². The van der Waals surface area contributed by atoms with Crippen molar-refractivity contribution in [2.24, 2.45) is 0 Å². The fourth-order valence-electron chi connectivity index (χ4n) is 3.52. The van der Waals surface area contributed by atoms with Crippen molar-refractivity contribution in [2.75, 3.05) is 32.1 Å². The molecular weight excluding hydrogens is 346 g/mol. The number of nitrogens with zero attached hydrogens (tertiary/aromatic N) is 3. The summed E-state index contributed by atoms with van der Waals surface area (Å²) < 4.78 is 12.5. The summed E-state index contributed by atoms with van der Waals surface area (Å²) in [6, 6.07) is 7.35. The van der Waals surface area contributed by atoms with Crippen LogP contribution in [0.25, 0.3) is 11.1 Å². The minimum Gasteiger partial charge on any atom is -0.441 e. The largest absolute Gasteiger partial charge is 0.441 e. The number of carbonyl (C=O) groups is 1. The molecule has 0 saturated carbocycles. The van der Waals surface area contributed by atoms with E-state index in [-0.39, 0.29) is 5.91 Å². The predicted octanol–water partition coefficient (Wildman–Crippen LogP) is 1.93. The lowest BCUT2D eigenvalue weighted by atomic mass is 9.87. The number of methoxy groups -OCH3 is 1. The van der Waals surface area contributed by atoms with Crippen molar-refractivity contribution in [1.29, 1.82) is 0 Å². The zero-order valence-electron chi connectivity index (χ0n) is 15.3. The van der Waals surface area contributed by atoms with Crippen LogP contribution in [0.15, 0.2) is 41.1 Å². The number of carbonyl (C=O) groups excluding carboxylic acids is 1. The van der Waals surface area contributed by atoms with Crippen molar-refractivity contribution in [2.45, 2.75) is 24.8 Å². The van der Waals surface area contributed by atoms with Gasteiger partial charge in [0.2, 0.25) is 0 Å². The lowest BCUT2D eigenvalue weighted by molar-refractivity contribution is -0.126.